The van der Waals surface area contributed by atoms with Crippen molar-refractivity contribution in [1.29, 1.82) is 0 Å². The predicted octanol–water partition coefficient (Wildman–Crippen LogP) is 8.98. The summed E-state index contributed by atoms with van der Waals surface area (Å²) in [6.07, 6.45) is 23.3. The molecule has 0 spiro atoms. The molecule has 1 saturated carbocycles. The number of carbonyl (C=O) groups is 1. The maximum absolute atomic E-state index is 12.8. The Hall–Kier alpha value is -0.660. The highest BCUT2D eigenvalue weighted by Crippen LogP contribution is 2.47. The molecule has 0 bridgehead atoms. The maximum atomic E-state index is 12.8. The Morgan fingerprint density at radius 3 is 1.23 bits per heavy atom. The topological polar surface area (TPSA) is 192 Å². The van der Waals surface area contributed by atoms with Crippen LogP contribution in [0.15, 0.2) is 0 Å². The summed E-state index contributed by atoms with van der Waals surface area (Å²) in [5.74, 6) is -0.472. The fourth-order valence-corrected chi connectivity index (χ4v) is 8.27. The predicted molar refractivity (Wildman–Crippen MR) is 221 cm³/mol. The van der Waals surface area contributed by atoms with Gasteiger partial charge in [-0.25, -0.2) is 4.57 Å². The van der Waals surface area contributed by atoms with Gasteiger partial charge in [0.05, 0.1) is 13.2 Å². The highest BCUT2D eigenvalue weighted by atomic mass is 31.2. The molecule has 12 nitrogen and oxygen atoms in total. The van der Waals surface area contributed by atoms with Gasteiger partial charge in [-0.15, -0.1) is 0 Å². The van der Waals surface area contributed by atoms with Crippen LogP contribution in [0, 0.1) is 0 Å². The van der Waals surface area contributed by atoms with Crippen LogP contribution >= 0.6 is 7.82 Å². The molecule has 334 valence electrons. The molecule has 0 aromatic carbocycles. The Morgan fingerprint density at radius 1 is 0.500 bits per heavy atom. The molecule has 13 heteroatoms. The molecule has 6 unspecified atom stereocenters. The second-order valence-electron chi connectivity index (χ2n) is 16.3. The number of aliphatic hydroxyl groups is 5. The van der Waals surface area contributed by atoms with Crippen molar-refractivity contribution in [2.75, 3.05) is 19.8 Å². The highest BCUT2D eigenvalue weighted by Gasteiger charge is 2.51. The largest absolute Gasteiger partial charge is 0.472 e. The molecule has 0 saturated heterocycles. The van der Waals surface area contributed by atoms with Gasteiger partial charge in [0, 0.05) is 13.0 Å². The van der Waals surface area contributed by atoms with Crippen LogP contribution in [0.4, 0.5) is 0 Å². The van der Waals surface area contributed by atoms with Crippen molar-refractivity contribution in [2.24, 2.45) is 0 Å². The number of hydrogen-bond acceptors (Lipinski definition) is 11. The summed E-state index contributed by atoms with van der Waals surface area (Å²) in [5.41, 5.74) is 0. The normalized spacial score (nSPS) is 22.9. The first-order chi connectivity index (χ1) is 27.0. The third kappa shape index (κ3) is 27.2. The molecule has 0 radical (unpaired) electrons. The third-order valence-electron chi connectivity index (χ3n) is 11.0. The van der Waals surface area contributed by atoms with Gasteiger partial charge in [-0.1, -0.05) is 187 Å². The second kappa shape index (κ2) is 35.1. The van der Waals surface area contributed by atoms with Crippen molar-refractivity contribution in [2.45, 2.75) is 249 Å². The van der Waals surface area contributed by atoms with Crippen molar-refractivity contribution < 1.29 is 58.3 Å². The van der Waals surface area contributed by atoms with Crippen molar-refractivity contribution in [1.82, 2.24) is 0 Å². The van der Waals surface area contributed by atoms with Crippen LogP contribution in [-0.4, -0.2) is 98.9 Å². The van der Waals surface area contributed by atoms with Gasteiger partial charge in [-0.2, -0.15) is 0 Å². The minimum atomic E-state index is -5.00. The maximum Gasteiger partial charge on any atom is 0.472 e. The Morgan fingerprint density at radius 2 is 0.839 bits per heavy atom. The lowest BCUT2D eigenvalue weighted by molar-refractivity contribution is -0.220. The average Bonchev–Trinajstić information content (AvgIpc) is 3.18. The van der Waals surface area contributed by atoms with Gasteiger partial charge >= 0.3 is 13.8 Å². The van der Waals surface area contributed by atoms with Crippen molar-refractivity contribution >= 4 is 13.8 Å². The van der Waals surface area contributed by atoms with E-state index in [1.54, 1.807) is 0 Å². The summed E-state index contributed by atoms with van der Waals surface area (Å²) < 4.78 is 34.1. The number of unbranched alkanes of at least 4 members (excludes halogenated alkanes) is 27. The summed E-state index contributed by atoms with van der Waals surface area (Å²) in [4.78, 5) is 23.1. The van der Waals surface area contributed by atoms with E-state index in [1.807, 2.05) is 0 Å². The van der Waals surface area contributed by atoms with E-state index in [-0.39, 0.29) is 13.0 Å². The molecule has 0 amide bonds. The van der Waals surface area contributed by atoms with Crippen LogP contribution in [-0.2, 0) is 27.9 Å². The number of ether oxygens (including phenoxy) is 2. The Balaban J connectivity index is 2.32. The number of esters is 1. The lowest BCUT2D eigenvalue weighted by atomic mass is 9.85. The van der Waals surface area contributed by atoms with Crippen molar-refractivity contribution in [3.63, 3.8) is 0 Å². The molecule has 0 aromatic rings. The monoisotopic (exact) mass is 825 g/mol. The van der Waals surface area contributed by atoms with E-state index in [0.29, 0.717) is 13.0 Å². The number of aliphatic hydroxyl groups excluding tert-OH is 5. The van der Waals surface area contributed by atoms with Gasteiger partial charge in [-0.3, -0.25) is 13.8 Å². The van der Waals surface area contributed by atoms with Crippen LogP contribution in [0.5, 0.6) is 0 Å². The smallest absolute Gasteiger partial charge is 0.457 e. The van der Waals surface area contributed by atoms with Crippen molar-refractivity contribution in [3.05, 3.63) is 0 Å². The zero-order chi connectivity index (χ0) is 41.3. The number of rotatable bonds is 39. The minimum absolute atomic E-state index is 0.0691. The zero-order valence-electron chi connectivity index (χ0n) is 35.5. The van der Waals surface area contributed by atoms with Crippen LogP contribution in [0.3, 0.4) is 0 Å². The lowest BCUT2D eigenvalue weighted by Gasteiger charge is -2.41. The molecule has 0 heterocycles. The van der Waals surface area contributed by atoms with E-state index in [0.717, 1.165) is 38.5 Å². The average molecular weight is 825 g/mol. The standard InChI is InChI=1S/C43H85O12P/c1-3-5-7-9-11-13-14-15-16-17-18-19-20-21-22-23-24-26-28-30-32-37(44)54-36(34-52-33-31-29-27-25-12-10-8-6-4-2)35-53-56(50,51)55-43-41(48)39(46)38(45)40(47)42(43)49/h36,38-43,45-49H,3-35H2,1-2H3,(H,50,51). The van der Waals surface area contributed by atoms with E-state index in [9.17, 15) is 39.8 Å². The molecule has 1 fully saturated rings. The van der Waals surface area contributed by atoms with Crippen LogP contribution in [0.2, 0.25) is 0 Å². The van der Waals surface area contributed by atoms with Crippen LogP contribution < -0.4 is 0 Å². The molecule has 1 aliphatic carbocycles. The van der Waals surface area contributed by atoms with E-state index >= 15 is 0 Å². The van der Waals surface area contributed by atoms with Crippen LogP contribution in [0.1, 0.15) is 206 Å². The van der Waals surface area contributed by atoms with E-state index in [2.05, 4.69) is 13.8 Å². The quantitative estimate of drug-likeness (QED) is 0.0196. The SMILES string of the molecule is CCCCCCCCCCCCCCCCCCCCCCC(=O)OC(COCCCCCCCCCCC)COP(=O)(O)OC1C(O)C(O)C(O)C(O)C1O. The Labute approximate surface area is 340 Å². The molecule has 56 heavy (non-hydrogen) atoms. The van der Waals surface area contributed by atoms with Gasteiger partial charge in [-0.05, 0) is 12.8 Å². The van der Waals surface area contributed by atoms with E-state index in [4.69, 9.17) is 18.5 Å². The molecule has 0 aromatic heterocycles. The van der Waals surface area contributed by atoms with E-state index < -0.39 is 63.1 Å². The first-order valence-electron chi connectivity index (χ1n) is 22.9. The summed E-state index contributed by atoms with van der Waals surface area (Å²) in [6, 6.07) is 0. The van der Waals surface area contributed by atoms with Gasteiger partial charge in [0.25, 0.3) is 0 Å². The van der Waals surface area contributed by atoms with E-state index in [1.165, 1.54) is 141 Å². The number of phosphoric ester groups is 1. The van der Waals surface area contributed by atoms with Gasteiger partial charge in [0.1, 0.15) is 42.7 Å². The number of hydrogen-bond donors (Lipinski definition) is 6. The first-order valence-corrected chi connectivity index (χ1v) is 24.4. The van der Waals surface area contributed by atoms with Gasteiger partial charge in [0.2, 0.25) is 0 Å². The highest BCUT2D eigenvalue weighted by molar-refractivity contribution is 7.47. The minimum Gasteiger partial charge on any atom is -0.457 e. The zero-order valence-corrected chi connectivity index (χ0v) is 36.4. The van der Waals surface area contributed by atoms with Crippen LogP contribution in [0.25, 0.3) is 0 Å². The molecular weight excluding hydrogens is 739 g/mol. The summed E-state index contributed by atoms with van der Waals surface area (Å²) in [5, 5.41) is 50.1. The lowest BCUT2D eigenvalue weighted by Crippen LogP contribution is -2.64. The molecule has 1 aliphatic rings. The third-order valence-corrected chi connectivity index (χ3v) is 12.0. The molecule has 0 aliphatic heterocycles. The fourth-order valence-electron chi connectivity index (χ4n) is 7.30. The fraction of sp³-hybridized carbons (Fsp3) is 0.977. The van der Waals surface area contributed by atoms with Gasteiger partial charge in [0.15, 0.2) is 0 Å². The number of phosphoric acid groups is 1. The molecule has 6 atom stereocenters. The molecular formula is C43H85O12P. The summed E-state index contributed by atoms with van der Waals surface area (Å²) in [6.45, 7) is 4.26. The summed E-state index contributed by atoms with van der Waals surface area (Å²) >= 11 is 0. The van der Waals surface area contributed by atoms with Crippen molar-refractivity contribution in [3.8, 4) is 0 Å². The number of carbonyl (C=O) groups excluding carboxylic acids is 1. The second-order valence-corrected chi connectivity index (χ2v) is 17.7. The Kier molecular flexibility index (Phi) is 33.5. The van der Waals surface area contributed by atoms with Gasteiger partial charge < -0.3 is 39.9 Å². The summed E-state index contributed by atoms with van der Waals surface area (Å²) in [7, 11) is -5.00. The molecule has 1 rings (SSSR count). The first kappa shape index (κ1) is 53.4. The molecule has 6 N–H and O–H groups in total. The Bertz CT molecular complexity index is 942.